The molecule has 4 N–H and O–H groups in total. The second-order valence-electron chi connectivity index (χ2n) is 3.81. The summed E-state index contributed by atoms with van der Waals surface area (Å²) in [5.74, 6) is -1.05. The Morgan fingerprint density at radius 2 is 2.06 bits per heavy atom. The van der Waals surface area contributed by atoms with Crippen LogP contribution < -0.4 is 11.5 Å². The van der Waals surface area contributed by atoms with E-state index in [1.165, 1.54) is 18.2 Å². The number of nitrogens with two attached hydrogens (primary N) is 2. The van der Waals surface area contributed by atoms with Crippen molar-refractivity contribution in [1.29, 1.82) is 0 Å². The largest absolute Gasteiger partial charge is 0.366 e. The number of amides is 1. The Balaban J connectivity index is 2.48. The number of primary amides is 1. The second kappa shape index (κ2) is 4.93. The molecule has 1 amide bonds. The lowest BCUT2D eigenvalue weighted by Crippen LogP contribution is -2.11. The maximum atomic E-state index is 13.7. The third-order valence-corrected chi connectivity index (χ3v) is 2.59. The fourth-order valence-electron chi connectivity index (χ4n) is 1.58. The molecule has 5 heteroatoms. The molecular weight excluding hydrogens is 233 g/mol. The topological polar surface area (TPSA) is 82.0 Å². The van der Waals surface area contributed by atoms with Gasteiger partial charge in [-0.1, -0.05) is 6.07 Å². The molecule has 0 aliphatic rings. The van der Waals surface area contributed by atoms with Gasteiger partial charge >= 0.3 is 0 Å². The van der Waals surface area contributed by atoms with Crippen LogP contribution in [0.1, 0.15) is 15.9 Å². The Hall–Kier alpha value is -2.27. The number of rotatable bonds is 3. The van der Waals surface area contributed by atoms with E-state index in [9.17, 15) is 9.18 Å². The molecule has 0 aliphatic carbocycles. The van der Waals surface area contributed by atoms with Crippen molar-refractivity contribution in [2.75, 3.05) is 0 Å². The Morgan fingerprint density at radius 3 is 2.61 bits per heavy atom. The minimum Gasteiger partial charge on any atom is -0.366 e. The van der Waals surface area contributed by atoms with Crippen molar-refractivity contribution in [3.05, 3.63) is 53.5 Å². The van der Waals surface area contributed by atoms with Crippen molar-refractivity contribution in [2.24, 2.45) is 11.5 Å². The molecule has 0 unspecified atom stereocenters. The van der Waals surface area contributed by atoms with Crippen LogP contribution in [0.4, 0.5) is 4.39 Å². The molecule has 2 aromatic rings. The molecule has 4 nitrogen and oxygen atoms in total. The van der Waals surface area contributed by atoms with E-state index in [1.54, 1.807) is 18.3 Å². The zero-order chi connectivity index (χ0) is 13.1. The molecule has 0 atom stereocenters. The molecule has 0 bridgehead atoms. The maximum absolute atomic E-state index is 13.7. The smallest absolute Gasteiger partial charge is 0.248 e. The summed E-state index contributed by atoms with van der Waals surface area (Å²) >= 11 is 0. The van der Waals surface area contributed by atoms with E-state index in [4.69, 9.17) is 11.5 Å². The lowest BCUT2D eigenvalue weighted by atomic mass is 10.1. The number of carbonyl (C=O) groups is 1. The summed E-state index contributed by atoms with van der Waals surface area (Å²) in [6, 6.07) is 7.36. The molecule has 0 saturated heterocycles. The van der Waals surface area contributed by atoms with Gasteiger partial charge in [-0.05, 0) is 29.8 Å². The number of hydrogen-bond donors (Lipinski definition) is 2. The quantitative estimate of drug-likeness (QED) is 0.858. The van der Waals surface area contributed by atoms with Gasteiger partial charge in [0.2, 0.25) is 5.91 Å². The zero-order valence-corrected chi connectivity index (χ0v) is 9.56. The minimum atomic E-state index is -0.602. The molecule has 1 heterocycles. The third kappa shape index (κ3) is 2.36. The Morgan fingerprint density at radius 1 is 1.28 bits per heavy atom. The van der Waals surface area contributed by atoms with Crippen molar-refractivity contribution in [1.82, 2.24) is 4.98 Å². The lowest BCUT2D eigenvalue weighted by molar-refractivity contribution is 0.100. The first-order chi connectivity index (χ1) is 8.61. The fraction of sp³-hybridized carbons (Fsp3) is 0.0769. The Labute approximate surface area is 103 Å². The molecule has 1 aromatic heterocycles. The van der Waals surface area contributed by atoms with E-state index in [2.05, 4.69) is 4.98 Å². The monoisotopic (exact) mass is 245 g/mol. The van der Waals surface area contributed by atoms with Crippen LogP contribution in [0.2, 0.25) is 0 Å². The minimum absolute atomic E-state index is 0.245. The van der Waals surface area contributed by atoms with Gasteiger partial charge in [0.05, 0.1) is 5.69 Å². The van der Waals surface area contributed by atoms with Gasteiger partial charge in [-0.2, -0.15) is 0 Å². The molecule has 92 valence electrons. The van der Waals surface area contributed by atoms with E-state index in [0.29, 0.717) is 12.2 Å². The van der Waals surface area contributed by atoms with E-state index >= 15 is 0 Å². The van der Waals surface area contributed by atoms with Gasteiger partial charge in [0.15, 0.2) is 0 Å². The predicted molar refractivity (Wildman–Crippen MR) is 66.0 cm³/mol. The SMILES string of the molecule is NCc1ccc(-c2cc(C(N)=O)ccc2F)nc1. The number of nitrogens with zero attached hydrogens (tertiary/aromatic N) is 1. The van der Waals surface area contributed by atoms with Gasteiger partial charge in [-0.3, -0.25) is 9.78 Å². The second-order valence-corrected chi connectivity index (χ2v) is 3.81. The normalized spacial score (nSPS) is 10.3. The summed E-state index contributed by atoms with van der Waals surface area (Å²) in [4.78, 5) is 15.2. The van der Waals surface area contributed by atoms with Crippen LogP contribution in [0.3, 0.4) is 0 Å². The molecule has 0 radical (unpaired) electrons. The summed E-state index contributed by atoms with van der Waals surface area (Å²) in [6.45, 7) is 0.372. The molecular formula is C13H12FN3O. The van der Waals surface area contributed by atoms with Gasteiger partial charge in [0.25, 0.3) is 0 Å². The Kier molecular flexibility index (Phi) is 3.34. The molecule has 0 saturated carbocycles. The lowest BCUT2D eigenvalue weighted by Gasteiger charge is -2.05. The van der Waals surface area contributed by atoms with Crippen molar-refractivity contribution in [2.45, 2.75) is 6.54 Å². The number of carbonyl (C=O) groups excluding carboxylic acids is 1. The van der Waals surface area contributed by atoms with Crippen LogP contribution in [0.5, 0.6) is 0 Å². The molecule has 0 spiro atoms. The van der Waals surface area contributed by atoms with Crippen molar-refractivity contribution in [3.63, 3.8) is 0 Å². The van der Waals surface area contributed by atoms with Gasteiger partial charge in [-0.25, -0.2) is 4.39 Å². The van der Waals surface area contributed by atoms with Crippen molar-refractivity contribution in [3.8, 4) is 11.3 Å². The average molecular weight is 245 g/mol. The molecule has 0 aliphatic heterocycles. The predicted octanol–water partition coefficient (Wildman–Crippen LogP) is 1.45. The van der Waals surface area contributed by atoms with E-state index < -0.39 is 11.7 Å². The summed E-state index contributed by atoms with van der Waals surface area (Å²) in [6.07, 6.45) is 1.58. The summed E-state index contributed by atoms with van der Waals surface area (Å²) in [7, 11) is 0. The molecule has 18 heavy (non-hydrogen) atoms. The number of halogens is 1. The first-order valence-electron chi connectivity index (χ1n) is 5.36. The first kappa shape index (κ1) is 12.2. The molecule has 1 aromatic carbocycles. The highest BCUT2D eigenvalue weighted by molar-refractivity contribution is 5.94. The third-order valence-electron chi connectivity index (χ3n) is 2.59. The number of hydrogen-bond acceptors (Lipinski definition) is 3. The van der Waals surface area contributed by atoms with Crippen LogP contribution in [-0.2, 0) is 6.54 Å². The summed E-state index contributed by atoms with van der Waals surface area (Å²) in [5, 5.41) is 0. The Bertz CT molecular complexity index is 581. The van der Waals surface area contributed by atoms with Crippen molar-refractivity contribution >= 4 is 5.91 Å². The van der Waals surface area contributed by atoms with E-state index in [-0.39, 0.29) is 11.1 Å². The van der Waals surface area contributed by atoms with Crippen LogP contribution >= 0.6 is 0 Å². The zero-order valence-electron chi connectivity index (χ0n) is 9.56. The van der Waals surface area contributed by atoms with Crippen LogP contribution in [0.25, 0.3) is 11.3 Å². The maximum Gasteiger partial charge on any atom is 0.248 e. The van der Waals surface area contributed by atoms with Gasteiger partial charge in [0, 0.05) is 23.9 Å². The first-order valence-corrected chi connectivity index (χ1v) is 5.36. The average Bonchev–Trinajstić information content (AvgIpc) is 2.39. The molecule has 2 rings (SSSR count). The van der Waals surface area contributed by atoms with Gasteiger partial charge in [-0.15, -0.1) is 0 Å². The highest BCUT2D eigenvalue weighted by Crippen LogP contribution is 2.22. The highest BCUT2D eigenvalue weighted by atomic mass is 19.1. The highest BCUT2D eigenvalue weighted by Gasteiger charge is 2.10. The summed E-state index contributed by atoms with van der Waals surface area (Å²) < 4.78 is 13.7. The number of benzene rings is 1. The van der Waals surface area contributed by atoms with Crippen LogP contribution in [-0.4, -0.2) is 10.9 Å². The van der Waals surface area contributed by atoms with E-state index in [1.807, 2.05) is 0 Å². The van der Waals surface area contributed by atoms with E-state index in [0.717, 1.165) is 5.56 Å². The number of aromatic nitrogens is 1. The van der Waals surface area contributed by atoms with Crippen LogP contribution in [0.15, 0.2) is 36.5 Å². The standard InChI is InChI=1S/C13H12FN3O/c14-11-3-2-9(13(16)18)5-10(11)12-4-1-8(6-15)7-17-12/h1-5,7H,6,15H2,(H2,16,18). The van der Waals surface area contributed by atoms with Gasteiger partial charge < -0.3 is 11.5 Å². The van der Waals surface area contributed by atoms with Gasteiger partial charge in [0.1, 0.15) is 5.82 Å². The molecule has 0 fully saturated rings. The van der Waals surface area contributed by atoms with Crippen LogP contribution in [0, 0.1) is 5.82 Å². The fourth-order valence-corrected chi connectivity index (χ4v) is 1.58. The summed E-state index contributed by atoms with van der Waals surface area (Å²) in [5.41, 5.74) is 12.4. The number of pyridine rings is 1. The van der Waals surface area contributed by atoms with Crippen molar-refractivity contribution < 1.29 is 9.18 Å².